The topological polar surface area (TPSA) is 84.2 Å². The molecule has 2 amide bonds. The minimum absolute atomic E-state index is 0.141. The lowest BCUT2D eigenvalue weighted by atomic mass is 10.1. The van der Waals surface area contributed by atoms with Crippen LogP contribution in [0, 0.1) is 0 Å². The summed E-state index contributed by atoms with van der Waals surface area (Å²) in [6, 6.07) is 8.47. The fraction of sp³-hybridized carbons (Fsp3) is 0.154. The molecule has 6 nitrogen and oxygen atoms in total. The molecule has 98 valence electrons. The van der Waals surface area contributed by atoms with Crippen molar-refractivity contribution in [1.29, 1.82) is 0 Å². The maximum atomic E-state index is 11.6. The van der Waals surface area contributed by atoms with Crippen molar-refractivity contribution in [2.75, 3.05) is 7.05 Å². The van der Waals surface area contributed by atoms with E-state index in [4.69, 9.17) is 0 Å². The van der Waals surface area contributed by atoms with Crippen LogP contribution in [0.25, 0.3) is 0 Å². The molecule has 0 spiro atoms. The highest BCUT2D eigenvalue weighted by Crippen LogP contribution is 2.04. The number of nitrogens with zero attached hydrogens (tertiary/aromatic N) is 1. The molecular weight excluding hydrogens is 246 g/mol. The Bertz CT molecular complexity index is 561. The molecule has 1 heterocycles. The Hall–Kier alpha value is -2.63. The van der Waals surface area contributed by atoms with Crippen LogP contribution in [0.3, 0.4) is 0 Å². The standard InChI is InChI=1S/C13H13N3O3/c1-14-12(17)10-4-2-9(3-5-10)8-15-13(18)11-6-7-19-16-11/h2-7H,8H2,1H3,(H,14,17)(H,15,18). The van der Waals surface area contributed by atoms with E-state index in [1.807, 2.05) is 0 Å². The van der Waals surface area contributed by atoms with Crippen LogP contribution in [-0.4, -0.2) is 24.0 Å². The molecule has 0 bridgehead atoms. The molecule has 0 aliphatic heterocycles. The van der Waals surface area contributed by atoms with Crippen molar-refractivity contribution in [3.05, 3.63) is 53.4 Å². The lowest BCUT2D eigenvalue weighted by molar-refractivity contribution is 0.0938. The van der Waals surface area contributed by atoms with E-state index in [0.717, 1.165) is 5.56 Å². The third kappa shape index (κ3) is 3.19. The number of hydrogen-bond donors (Lipinski definition) is 2. The van der Waals surface area contributed by atoms with Crippen LogP contribution >= 0.6 is 0 Å². The van der Waals surface area contributed by atoms with Gasteiger partial charge in [0.05, 0.1) is 0 Å². The zero-order chi connectivity index (χ0) is 13.7. The van der Waals surface area contributed by atoms with Crippen molar-refractivity contribution in [2.24, 2.45) is 0 Å². The van der Waals surface area contributed by atoms with Gasteiger partial charge in [0, 0.05) is 25.2 Å². The summed E-state index contributed by atoms with van der Waals surface area (Å²) in [6.07, 6.45) is 1.34. The molecule has 0 aliphatic carbocycles. The molecule has 1 aromatic heterocycles. The van der Waals surface area contributed by atoms with Crippen LogP contribution in [-0.2, 0) is 6.54 Å². The summed E-state index contributed by atoms with van der Waals surface area (Å²) in [4.78, 5) is 22.9. The van der Waals surface area contributed by atoms with E-state index in [1.165, 1.54) is 12.3 Å². The van der Waals surface area contributed by atoms with Crippen molar-refractivity contribution in [2.45, 2.75) is 6.54 Å². The van der Waals surface area contributed by atoms with E-state index in [2.05, 4.69) is 20.3 Å². The summed E-state index contributed by atoms with van der Waals surface area (Å²) >= 11 is 0. The Morgan fingerprint density at radius 2 is 1.89 bits per heavy atom. The first-order chi connectivity index (χ1) is 9.20. The molecule has 2 N–H and O–H groups in total. The first kappa shape index (κ1) is 12.8. The minimum Gasteiger partial charge on any atom is -0.364 e. The number of benzene rings is 1. The van der Waals surface area contributed by atoms with E-state index in [1.54, 1.807) is 31.3 Å². The van der Waals surface area contributed by atoms with Crippen LogP contribution in [0.4, 0.5) is 0 Å². The Labute approximate surface area is 109 Å². The Morgan fingerprint density at radius 3 is 2.47 bits per heavy atom. The second-order valence-corrected chi connectivity index (χ2v) is 3.84. The molecule has 0 unspecified atom stereocenters. The van der Waals surface area contributed by atoms with E-state index in [-0.39, 0.29) is 17.5 Å². The largest absolute Gasteiger partial charge is 0.364 e. The molecule has 0 saturated heterocycles. The molecule has 0 radical (unpaired) electrons. The van der Waals surface area contributed by atoms with Gasteiger partial charge in [-0.15, -0.1) is 0 Å². The molecule has 0 aliphatic rings. The van der Waals surface area contributed by atoms with Crippen molar-refractivity contribution < 1.29 is 14.1 Å². The number of aromatic nitrogens is 1. The summed E-state index contributed by atoms with van der Waals surface area (Å²) in [6.45, 7) is 0.361. The molecule has 1 aromatic carbocycles. The van der Waals surface area contributed by atoms with Crippen LogP contribution in [0.5, 0.6) is 0 Å². The number of carbonyl (C=O) groups excluding carboxylic acids is 2. The zero-order valence-corrected chi connectivity index (χ0v) is 10.3. The van der Waals surface area contributed by atoms with Crippen molar-refractivity contribution in [3.63, 3.8) is 0 Å². The van der Waals surface area contributed by atoms with Gasteiger partial charge in [0.1, 0.15) is 6.26 Å². The van der Waals surface area contributed by atoms with Gasteiger partial charge in [0.2, 0.25) is 0 Å². The lowest BCUT2D eigenvalue weighted by Crippen LogP contribution is -2.23. The normalized spacial score (nSPS) is 9.95. The van der Waals surface area contributed by atoms with E-state index >= 15 is 0 Å². The first-order valence-corrected chi connectivity index (χ1v) is 5.70. The lowest BCUT2D eigenvalue weighted by Gasteiger charge is -2.04. The molecule has 0 saturated carbocycles. The van der Waals surface area contributed by atoms with Gasteiger partial charge >= 0.3 is 0 Å². The smallest absolute Gasteiger partial charge is 0.273 e. The van der Waals surface area contributed by atoms with Crippen LogP contribution in [0.1, 0.15) is 26.4 Å². The Kier molecular flexibility index (Phi) is 3.92. The maximum Gasteiger partial charge on any atom is 0.273 e. The minimum atomic E-state index is -0.302. The van der Waals surface area contributed by atoms with Crippen LogP contribution < -0.4 is 10.6 Å². The number of rotatable bonds is 4. The van der Waals surface area contributed by atoms with Crippen LogP contribution in [0.2, 0.25) is 0 Å². The zero-order valence-electron chi connectivity index (χ0n) is 10.3. The fourth-order valence-corrected chi connectivity index (χ4v) is 1.52. The second kappa shape index (κ2) is 5.81. The predicted octanol–water partition coefficient (Wildman–Crippen LogP) is 0.964. The van der Waals surface area contributed by atoms with Gasteiger partial charge in [-0.3, -0.25) is 9.59 Å². The summed E-state index contributed by atoms with van der Waals surface area (Å²) in [7, 11) is 1.58. The van der Waals surface area contributed by atoms with E-state index in [0.29, 0.717) is 12.1 Å². The van der Waals surface area contributed by atoms with Gasteiger partial charge in [0.15, 0.2) is 5.69 Å². The van der Waals surface area contributed by atoms with Crippen LogP contribution in [0.15, 0.2) is 41.1 Å². The highest BCUT2D eigenvalue weighted by atomic mass is 16.5. The molecule has 0 atom stereocenters. The number of hydrogen-bond acceptors (Lipinski definition) is 4. The summed E-state index contributed by atoms with van der Waals surface area (Å²) in [5, 5.41) is 8.78. The predicted molar refractivity (Wildman–Crippen MR) is 67.5 cm³/mol. The van der Waals surface area contributed by atoms with Gasteiger partial charge in [-0.05, 0) is 17.7 Å². The quantitative estimate of drug-likeness (QED) is 0.856. The molecule has 6 heteroatoms. The number of carbonyl (C=O) groups is 2. The monoisotopic (exact) mass is 259 g/mol. The third-order valence-corrected chi connectivity index (χ3v) is 2.57. The van der Waals surface area contributed by atoms with Crippen molar-refractivity contribution in [3.8, 4) is 0 Å². The highest BCUT2D eigenvalue weighted by molar-refractivity contribution is 5.94. The average molecular weight is 259 g/mol. The number of nitrogens with one attached hydrogen (secondary N) is 2. The molecule has 19 heavy (non-hydrogen) atoms. The van der Waals surface area contributed by atoms with Crippen molar-refractivity contribution in [1.82, 2.24) is 15.8 Å². The second-order valence-electron chi connectivity index (χ2n) is 3.84. The van der Waals surface area contributed by atoms with Gasteiger partial charge in [-0.2, -0.15) is 0 Å². The molecule has 0 fully saturated rings. The number of amides is 2. The van der Waals surface area contributed by atoms with Crippen molar-refractivity contribution >= 4 is 11.8 Å². The van der Waals surface area contributed by atoms with Gasteiger partial charge in [0.25, 0.3) is 11.8 Å². The summed E-state index contributed by atoms with van der Waals surface area (Å²) in [5.74, 6) is -0.442. The Balaban J connectivity index is 1.93. The van der Waals surface area contributed by atoms with Gasteiger partial charge in [-0.25, -0.2) is 0 Å². The maximum absolute atomic E-state index is 11.6. The average Bonchev–Trinajstić information content (AvgIpc) is 2.98. The first-order valence-electron chi connectivity index (χ1n) is 5.70. The van der Waals surface area contributed by atoms with E-state index in [9.17, 15) is 9.59 Å². The third-order valence-electron chi connectivity index (χ3n) is 2.57. The van der Waals surface area contributed by atoms with Gasteiger partial charge in [-0.1, -0.05) is 17.3 Å². The molecular formula is C13H13N3O3. The Morgan fingerprint density at radius 1 is 1.16 bits per heavy atom. The fourth-order valence-electron chi connectivity index (χ4n) is 1.52. The molecule has 2 rings (SSSR count). The summed E-state index contributed by atoms with van der Waals surface area (Å²) in [5.41, 5.74) is 1.71. The van der Waals surface area contributed by atoms with Gasteiger partial charge < -0.3 is 15.2 Å². The van der Waals surface area contributed by atoms with E-state index < -0.39 is 0 Å². The SMILES string of the molecule is CNC(=O)c1ccc(CNC(=O)c2ccon2)cc1. The summed E-state index contributed by atoms with van der Waals surface area (Å²) < 4.78 is 4.59. The highest BCUT2D eigenvalue weighted by Gasteiger charge is 2.08. The molecule has 2 aromatic rings.